The van der Waals surface area contributed by atoms with E-state index in [1.807, 2.05) is 35.4 Å². The summed E-state index contributed by atoms with van der Waals surface area (Å²) in [6.07, 6.45) is 5.08. The van der Waals surface area contributed by atoms with E-state index in [2.05, 4.69) is 9.97 Å². The fraction of sp³-hybridized carbons (Fsp3) is 0.333. The number of aromatic amines is 1. The summed E-state index contributed by atoms with van der Waals surface area (Å²) >= 11 is 0. The van der Waals surface area contributed by atoms with Gasteiger partial charge in [-0.1, -0.05) is 6.07 Å². The number of rotatable bonds is 3. The number of likely N-dealkylation sites (tertiary alicyclic amines) is 1. The Balaban J connectivity index is 1.39. The molecular formula is C18H19N3O3. The summed E-state index contributed by atoms with van der Waals surface area (Å²) in [6, 6.07) is 8.03. The van der Waals surface area contributed by atoms with E-state index in [9.17, 15) is 4.79 Å². The number of hydrogen-bond acceptors (Lipinski definition) is 4. The van der Waals surface area contributed by atoms with Gasteiger partial charge in [-0.15, -0.1) is 0 Å². The van der Waals surface area contributed by atoms with Crippen molar-refractivity contribution in [2.45, 2.75) is 25.9 Å². The maximum Gasteiger partial charge on any atom is 0.275 e. The molecular weight excluding hydrogens is 306 g/mol. The number of benzene rings is 1. The van der Waals surface area contributed by atoms with Crippen LogP contribution in [-0.4, -0.2) is 40.0 Å². The third-order valence-corrected chi connectivity index (χ3v) is 4.42. The Labute approximate surface area is 139 Å². The van der Waals surface area contributed by atoms with Crippen molar-refractivity contribution in [2.24, 2.45) is 0 Å². The molecule has 3 heterocycles. The van der Waals surface area contributed by atoms with Gasteiger partial charge in [0.2, 0.25) is 0 Å². The normalized spacial score (nSPS) is 15.8. The highest BCUT2D eigenvalue weighted by atomic mass is 16.5. The first-order valence-electron chi connectivity index (χ1n) is 8.15. The van der Waals surface area contributed by atoms with Gasteiger partial charge in [0.05, 0.1) is 0 Å². The third-order valence-electron chi connectivity index (χ3n) is 4.42. The van der Waals surface area contributed by atoms with Crippen LogP contribution in [0.2, 0.25) is 0 Å². The molecule has 24 heavy (non-hydrogen) atoms. The van der Waals surface area contributed by atoms with Crippen molar-refractivity contribution >= 4 is 16.8 Å². The molecule has 1 aliphatic rings. The summed E-state index contributed by atoms with van der Waals surface area (Å²) in [4.78, 5) is 21.5. The highest BCUT2D eigenvalue weighted by Gasteiger charge is 2.26. The van der Waals surface area contributed by atoms with Crippen LogP contribution in [0, 0.1) is 6.92 Å². The zero-order chi connectivity index (χ0) is 16.5. The summed E-state index contributed by atoms with van der Waals surface area (Å²) in [6.45, 7) is 3.06. The minimum absolute atomic E-state index is 0.0713. The van der Waals surface area contributed by atoms with Gasteiger partial charge >= 0.3 is 0 Å². The maximum atomic E-state index is 12.4. The molecule has 2 aromatic heterocycles. The van der Waals surface area contributed by atoms with E-state index in [-0.39, 0.29) is 12.0 Å². The number of aromatic nitrogens is 2. The van der Waals surface area contributed by atoms with Gasteiger partial charge in [0.1, 0.15) is 18.1 Å². The first kappa shape index (κ1) is 14.8. The van der Waals surface area contributed by atoms with Crippen LogP contribution in [0.25, 0.3) is 10.9 Å². The summed E-state index contributed by atoms with van der Waals surface area (Å²) in [5.74, 6) is 1.33. The number of aryl methyl sites for hydroxylation is 1. The predicted octanol–water partition coefficient (Wildman–Crippen LogP) is 3.15. The second kappa shape index (κ2) is 6.03. The van der Waals surface area contributed by atoms with Gasteiger partial charge < -0.3 is 19.0 Å². The monoisotopic (exact) mass is 325 g/mol. The maximum absolute atomic E-state index is 12.4. The third kappa shape index (κ3) is 2.75. The van der Waals surface area contributed by atoms with Gasteiger partial charge in [-0.2, -0.15) is 0 Å². The number of hydrogen-bond donors (Lipinski definition) is 1. The topological polar surface area (TPSA) is 71.4 Å². The van der Waals surface area contributed by atoms with Gasteiger partial charge in [0.15, 0.2) is 11.6 Å². The first-order chi connectivity index (χ1) is 11.7. The minimum atomic E-state index is -0.0713. The predicted molar refractivity (Wildman–Crippen MR) is 89.1 cm³/mol. The van der Waals surface area contributed by atoms with E-state index < -0.39 is 0 Å². The standard InChI is InChI=1S/C18H19N3O3/c1-12-20-16(11-23-12)18(22)21-9-6-13(7-10-21)24-17-4-2-3-15-14(17)5-8-19-15/h2-5,8,11,13,19H,6-7,9-10H2,1H3. The zero-order valence-corrected chi connectivity index (χ0v) is 13.5. The van der Waals surface area contributed by atoms with Crippen LogP contribution in [0.5, 0.6) is 5.75 Å². The summed E-state index contributed by atoms with van der Waals surface area (Å²) < 4.78 is 11.3. The number of ether oxygens (including phenoxy) is 1. The van der Waals surface area contributed by atoms with Gasteiger partial charge in [-0.25, -0.2) is 4.98 Å². The molecule has 4 rings (SSSR count). The highest BCUT2D eigenvalue weighted by molar-refractivity contribution is 5.92. The Bertz CT molecular complexity index is 859. The van der Waals surface area contributed by atoms with E-state index in [1.165, 1.54) is 6.26 Å². The van der Waals surface area contributed by atoms with Crippen LogP contribution in [0.4, 0.5) is 0 Å². The average molecular weight is 325 g/mol. The number of H-pyrrole nitrogens is 1. The largest absolute Gasteiger partial charge is 0.490 e. The SMILES string of the molecule is Cc1nc(C(=O)N2CCC(Oc3cccc4[nH]ccc34)CC2)co1. The zero-order valence-electron chi connectivity index (χ0n) is 13.5. The van der Waals surface area contributed by atoms with Crippen LogP contribution in [-0.2, 0) is 0 Å². The fourth-order valence-corrected chi connectivity index (χ4v) is 3.14. The summed E-state index contributed by atoms with van der Waals surface area (Å²) in [7, 11) is 0. The number of carbonyl (C=O) groups excluding carboxylic acids is 1. The Morgan fingerprint density at radius 3 is 2.92 bits per heavy atom. The van der Waals surface area contributed by atoms with E-state index in [1.54, 1.807) is 6.92 Å². The number of nitrogens with one attached hydrogen (secondary N) is 1. The molecule has 1 amide bonds. The molecule has 6 heteroatoms. The van der Waals surface area contributed by atoms with E-state index in [4.69, 9.17) is 9.15 Å². The molecule has 1 saturated heterocycles. The van der Waals surface area contributed by atoms with E-state index in [0.29, 0.717) is 24.7 Å². The van der Waals surface area contributed by atoms with Crippen molar-refractivity contribution < 1.29 is 13.9 Å². The number of amides is 1. The second-order valence-corrected chi connectivity index (χ2v) is 6.06. The Morgan fingerprint density at radius 1 is 1.33 bits per heavy atom. The quantitative estimate of drug-likeness (QED) is 0.803. The van der Waals surface area contributed by atoms with Crippen molar-refractivity contribution in [3.63, 3.8) is 0 Å². The smallest absolute Gasteiger partial charge is 0.275 e. The number of fused-ring (bicyclic) bond motifs is 1. The Morgan fingerprint density at radius 2 is 2.17 bits per heavy atom. The van der Waals surface area contributed by atoms with Crippen molar-refractivity contribution in [3.05, 3.63) is 48.3 Å². The Kier molecular flexibility index (Phi) is 3.72. The lowest BCUT2D eigenvalue weighted by Gasteiger charge is -2.31. The van der Waals surface area contributed by atoms with Crippen LogP contribution in [0.15, 0.2) is 41.1 Å². The van der Waals surface area contributed by atoms with Crippen LogP contribution in [0.3, 0.4) is 0 Å². The van der Waals surface area contributed by atoms with Crippen LogP contribution < -0.4 is 4.74 Å². The number of oxazole rings is 1. The van der Waals surface area contributed by atoms with Gasteiger partial charge in [0, 0.05) is 50.0 Å². The molecule has 0 unspecified atom stereocenters. The lowest BCUT2D eigenvalue weighted by atomic mass is 10.1. The molecule has 1 N–H and O–H groups in total. The fourth-order valence-electron chi connectivity index (χ4n) is 3.14. The van der Waals surface area contributed by atoms with E-state index >= 15 is 0 Å². The molecule has 6 nitrogen and oxygen atoms in total. The van der Waals surface area contributed by atoms with Crippen molar-refractivity contribution in [3.8, 4) is 5.75 Å². The number of carbonyl (C=O) groups is 1. The minimum Gasteiger partial charge on any atom is -0.490 e. The van der Waals surface area contributed by atoms with Crippen molar-refractivity contribution in [2.75, 3.05) is 13.1 Å². The summed E-state index contributed by atoms with van der Waals surface area (Å²) in [5.41, 5.74) is 1.45. The van der Waals surface area contributed by atoms with Crippen molar-refractivity contribution in [1.29, 1.82) is 0 Å². The second-order valence-electron chi connectivity index (χ2n) is 6.06. The number of nitrogens with zero attached hydrogens (tertiary/aromatic N) is 2. The molecule has 0 spiro atoms. The average Bonchev–Trinajstić information content (AvgIpc) is 3.24. The van der Waals surface area contributed by atoms with Gasteiger partial charge in [0.25, 0.3) is 5.91 Å². The van der Waals surface area contributed by atoms with Crippen LogP contribution >= 0.6 is 0 Å². The molecule has 3 aromatic rings. The van der Waals surface area contributed by atoms with Crippen molar-refractivity contribution in [1.82, 2.24) is 14.9 Å². The summed E-state index contributed by atoms with van der Waals surface area (Å²) in [5, 5.41) is 1.09. The van der Waals surface area contributed by atoms with Gasteiger partial charge in [-0.3, -0.25) is 4.79 Å². The molecule has 1 aliphatic heterocycles. The van der Waals surface area contributed by atoms with Gasteiger partial charge in [-0.05, 0) is 18.2 Å². The highest BCUT2D eigenvalue weighted by Crippen LogP contribution is 2.27. The van der Waals surface area contributed by atoms with Crippen LogP contribution in [0.1, 0.15) is 29.2 Å². The lowest BCUT2D eigenvalue weighted by molar-refractivity contribution is 0.0592. The molecule has 0 saturated carbocycles. The molecule has 1 fully saturated rings. The lowest BCUT2D eigenvalue weighted by Crippen LogP contribution is -2.41. The molecule has 124 valence electrons. The molecule has 0 radical (unpaired) electrons. The van der Waals surface area contributed by atoms with E-state index in [0.717, 1.165) is 29.5 Å². The number of piperidine rings is 1. The molecule has 0 aliphatic carbocycles. The Hall–Kier alpha value is -2.76. The first-order valence-corrected chi connectivity index (χ1v) is 8.15. The molecule has 0 atom stereocenters. The molecule has 1 aromatic carbocycles. The molecule has 0 bridgehead atoms.